The molecule has 1 aromatic heterocycles. The number of hydrogen-bond donors (Lipinski definition) is 1. The fraction of sp³-hybridized carbons (Fsp3) is 0.0417. The van der Waals surface area contributed by atoms with Gasteiger partial charge in [-0.2, -0.15) is 0 Å². The minimum absolute atomic E-state index is 0.161. The van der Waals surface area contributed by atoms with Crippen LogP contribution < -0.4 is 15.6 Å². The second-order valence-electron chi connectivity index (χ2n) is 6.95. The summed E-state index contributed by atoms with van der Waals surface area (Å²) in [5, 5.41) is 3.86. The maximum absolute atomic E-state index is 13.2. The van der Waals surface area contributed by atoms with Crippen molar-refractivity contribution in [3.05, 3.63) is 104 Å². The number of nitrogens with one attached hydrogen (secondary N) is 1. The van der Waals surface area contributed by atoms with Gasteiger partial charge in [-0.1, -0.05) is 41.4 Å². The Labute approximate surface area is 193 Å². The normalized spacial score (nSPS) is 10.7. The Hall–Kier alpha value is -3.61. The van der Waals surface area contributed by atoms with E-state index < -0.39 is 17.4 Å². The number of carbonyl (C=O) groups is 2. The molecular weight excluding hydrogens is 451 g/mol. The van der Waals surface area contributed by atoms with Crippen molar-refractivity contribution in [1.82, 2.24) is 4.57 Å². The molecule has 0 saturated carbocycles. The van der Waals surface area contributed by atoms with Crippen molar-refractivity contribution in [2.75, 3.05) is 5.32 Å². The highest BCUT2D eigenvalue weighted by molar-refractivity contribution is 6.31. The highest BCUT2D eigenvalue weighted by atomic mass is 35.5. The number of amides is 1. The maximum atomic E-state index is 13.2. The summed E-state index contributed by atoms with van der Waals surface area (Å²) in [5.41, 5.74) is 0.211. The highest BCUT2D eigenvalue weighted by Crippen LogP contribution is 2.31. The van der Waals surface area contributed by atoms with Gasteiger partial charge in [-0.25, -0.2) is 4.79 Å². The lowest BCUT2D eigenvalue weighted by molar-refractivity contribution is 0.0735. The molecule has 4 aromatic rings. The van der Waals surface area contributed by atoms with Crippen LogP contribution in [0.4, 0.5) is 5.69 Å². The number of halogens is 2. The minimum atomic E-state index is -0.731. The van der Waals surface area contributed by atoms with E-state index in [9.17, 15) is 14.4 Å². The SMILES string of the molecule is Cn1c(=O)c(C(=O)Nc2ccc(Cl)cc2)c(OC(=O)c2ccccc2)c2cc(Cl)ccc21. The number of pyridine rings is 1. The number of esters is 1. The van der Waals surface area contributed by atoms with Crippen LogP contribution in [0.25, 0.3) is 10.9 Å². The molecule has 0 aliphatic heterocycles. The number of aryl methyl sites for hydroxylation is 1. The van der Waals surface area contributed by atoms with Crippen molar-refractivity contribution in [3.63, 3.8) is 0 Å². The molecule has 0 fully saturated rings. The van der Waals surface area contributed by atoms with E-state index in [1.807, 2.05) is 0 Å². The Balaban J connectivity index is 1.88. The molecule has 1 heterocycles. The molecule has 0 saturated heterocycles. The van der Waals surface area contributed by atoms with E-state index in [0.29, 0.717) is 26.6 Å². The molecule has 1 N–H and O–H groups in total. The van der Waals surface area contributed by atoms with Crippen molar-refractivity contribution in [2.24, 2.45) is 7.05 Å². The van der Waals surface area contributed by atoms with Crippen LogP contribution in [0.15, 0.2) is 77.6 Å². The summed E-state index contributed by atoms with van der Waals surface area (Å²) in [7, 11) is 1.53. The van der Waals surface area contributed by atoms with E-state index in [1.54, 1.807) is 72.8 Å². The largest absolute Gasteiger partial charge is 0.421 e. The van der Waals surface area contributed by atoms with E-state index in [0.717, 1.165) is 0 Å². The summed E-state index contributed by atoms with van der Waals surface area (Å²) in [6.07, 6.45) is 0. The van der Waals surface area contributed by atoms with Gasteiger partial charge in [-0.3, -0.25) is 9.59 Å². The average molecular weight is 467 g/mol. The van der Waals surface area contributed by atoms with Gasteiger partial charge in [0.2, 0.25) is 0 Å². The molecule has 0 aliphatic carbocycles. The van der Waals surface area contributed by atoms with E-state index in [1.165, 1.54) is 11.6 Å². The Bertz CT molecular complexity index is 1400. The molecule has 32 heavy (non-hydrogen) atoms. The lowest BCUT2D eigenvalue weighted by Gasteiger charge is -2.16. The van der Waals surface area contributed by atoms with Crippen LogP contribution in [0.1, 0.15) is 20.7 Å². The first-order valence-corrected chi connectivity index (χ1v) is 10.3. The van der Waals surface area contributed by atoms with Crippen LogP contribution in [0.3, 0.4) is 0 Å². The van der Waals surface area contributed by atoms with Crippen LogP contribution in [0, 0.1) is 0 Å². The zero-order chi connectivity index (χ0) is 22.8. The highest BCUT2D eigenvalue weighted by Gasteiger charge is 2.25. The smallest absolute Gasteiger partial charge is 0.343 e. The third-order valence-corrected chi connectivity index (χ3v) is 5.33. The summed E-state index contributed by atoms with van der Waals surface area (Å²) in [4.78, 5) is 39.1. The molecule has 0 unspecified atom stereocenters. The Morgan fingerprint density at radius 1 is 0.906 bits per heavy atom. The number of rotatable bonds is 4. The fourth-order valence-electron chi connectivity index (χ4n) is 3.25. The number of nitrogens with zero attached hydrogens (tertiary/aromatic N) is 1. The summed E-state index contributed by atoms with van der Waals surface area (Å²) in [5.74, 6) is -1.60. The summed E-state index contributed by atoms with van der Waals surface area (Å²) >= 11 is 12.1. The van der Waals surface area contributed by atoms with E-state index >= 15 is 0 Å². The van der Waals surface area contributed by atoms with Crippen LogP contribution in [0.5, 0.6) is 5.75 Å². The van der Waals surface area contributed by atoms with Crippen molar-refractivity contribution in [2.45, 2.75) is 0 Å². The van der Waals surface area contributed by atoms with Crippen molar-refractivity contribution < 1.29 is 14.3 Å². The molecular formula is C24H16Cl2N2O4. The maximum Gasteiger partial charge on any atom is 0.343 e. The van der Waals surface area contributed by atoms with E-state index in [-0.39, 0.29) is 16.9 Å². The topological polar surface area (TPSA) is 77.4 Å². The quantitative estimate of drug-likeness (QED) is 0.413. The Morgan fingerprint density at radius 3 is 2.25 bits per heavy atom. The number of fused-ring (bicyclic) bond motifs is 1. The van der Waals surface area contributed by atoms with Crippen molar-refractivity contribution in [3.8, 4) is 5.75 Å². The zero-order valence-corrected chi connectivity index (χ0v) is 18.3. The molecule has 0 bridgehead atoms. The van der Waals surface area contributed by atoms with Gasteiger partial charge in [-0.05, 0) is 54.6 Å². The van der Waals surface area contributed by atoms with Crippen LogP contribution >= 0.6 is 23.2 Å². The van der Waals surface area contributed by atoms with Crippen LogP contribution in [-0.4, -0.2) is 16.4 Å². The lowest BCUT2D eigenvalue weighted by atomic mass is 10.1. The predicted molar refractivity (Wildman–Crippen MR) is 125 cm³/mol. The number of hydrogen-bond acceptors (Lipinski definition) is 4. The van der Waals surface area contributed by atoms with Crippen molar-refractivity contribution >= 4 is 51.7 Å². The monoisotopic (exact) mass is 466 g/mol. The number of anilines is 1. The molecule has 0 aliphatic rings. The van der Waals surface area contributed by atoms with Crippen LogP contribution in [0.2, 0.25) is 10.0 Å². The molecule has 0 spiro atoms. The molecule has 8 heteroatoms. The van der Waals surface area contributed by atoms with Gasteiger partial charge in [-0.15, -0.1) is 0 Å². The summed E-state index contributed by atoms with van der Waals surface area (Å²) in [6, 6.07) is 19.5. The first-order chi connectivity index (χ1) is 15.3. The van der Waals surface area contributed by atoms with Gasteiger partial charge in [0.25, 0.3) is 11.5 Å². The molecule has 3 aromatic carbocycles. The Kier molecular flexibility index (Phi) is 5.99. The van der Waals surface area contributed by atoms with Crippen molar-refractivity contribution in [1.29, 1.82) is 0 Å². The van der Waals surface area contributed by atoms with Gasteiger partial charge in [0, 0.05) is 28.2 Å². The minimum Gasteiger partial charge on any atom is -0.421 e. The van der Waals surface area contributed by atoms with E-state index in [2.05, 4.69) is 5.32 Å². The second-order valence-corrected chi connectivity index (χ2v) is 7.82. The predicted octanol–water partition coefficient (Wildman–Crippen LogP) is 5.32. The standard InChI is InChI=1S/C24H16Cl2N2O4/c1-28-19-12-9-16(26)13-18(19)21(32-24(31)14-5-3-2-4-6-14)20(23(28)30)22(29)27-17-10-7-15(25)8-11-17/h2-13H,1H3,(H,27,29). The molecule has 160 valence electrons. The summed E-state index contributed by atoms with van der Waals surface area (Å²) < 4.78 is 6.93. The fourth-order valence-corrected chi connectivity index (χ4v) is 3.55. The van der Waals surface area contributed by atoms with Gasteiger partial charge >= 0.3 is 5.97 Å². The summed E-state index contributed by atoms with van der Waals surface area (Å²) in [6.45, 7) is 0. The number of benzene rings is 3. The van der Waals surface area contributed by atoms with Gasteiger partial charge < -0.3 is 14.6 Å². The molecule has 6 nitrogen and oxygen atoms in total. The first kappa shape index (κ1) is 21.6. The second kappa shape index (κ2) is 8.86. The molecule has 4 rings (SSSR count). The first-order valence-electron chi connectivity index (χ1n) is 9.51. The van der Waals surface area contributed by atoms with Crippen LogP contribution in [-0.2, 0) is 7.05 Å². The zero-order valence-electron chi connectivity index (χ0n) is 16.8. The third kappa shape index (κ3) is 4.23. The average Bonchev–Trinajstić information content (AvgIpc) is 2.79. The molecule has 0 atom stereocenters. The Morgan fingerprint density at radius 2 is 1.56 bits per heavy atom. The van der Waals surface area contributed by atoms with Gasteiger partial charge in [0.05, 0.1) is 11.1 Å². The molecule has 0 radical (unpaired) electrons. The number of ether oxygens (including phenoxy) is 1. The third-order valence-electron chi connectivity index (χ3n) is 4.84. The molecule has 1 amide bonds. The number of aromatic nitrogens is 1. The van der Waals surface area contributed by atoms with Gasteiger partial charge in [0.1, 0.15) is 5.56 Å². The lowest BCUT2D eigenvalue weighted by Crippen LogP contribution is -2.30. The van der Waals surface area contributed by atoms with Gasteiger partial charge in [0.15, 0.2) is 5.75 Å². The number of carbonyl (C=O) groups excluding carboxylic acids is 2. The van der Waals surface area contributed by atoms with E-state index in [4.69, 9.17) is 27.9 Å².